The number of fused-ring (bicyclic) bond motifs is 1. The van der Waals surface area contributed by atoms with Crippen LogP contribution >= 0.6 is 0 Å². The van der Waals surface area contributed by atoms with E-state index in [-0.39, 0.29) is 6.54 Å². The van der Waals surface area contributed by atoms with Crippen molar-refractivity contribution in [1.82, 2.24) is 9.55 Å². The highest BCUT2D eigenvalue weighted by Gasteiger charge is 2.21. The predicted octanol–water partition coefficient (Wildman–Crippen LogP) is -0.717. The first-order valence-corrected chi connectivity index (χ1v) is 5.28. The van der Waals surface area contributed by atoms with Gasteiger partial charge in [-0.15, -0.1) is 0 Å². The second kappa shape index (κ2) is 4.44. The Morgan fingerprint density at radius 1 is 1.67 bits per heavy atom. The molecule has 0 aliphatic carbocycles. The minimum Gasteiger partial charge on any atom is -0.508 e. The summed E-state index contributed by atoms with van der Waals surface area (Å²) in [6.45, 7) is 0.105. The van der Waals surface area contributed by atoms with Gasteiger partial charge in [0.25, 0.3) is 5.91 Å². The molecule has 7 nitrogen and oxygen atoms in total. The fourth-order valence-corrected chi connectivity index (χ4v) is 2.01. The SMILES string of the molecule is COc1cnc2c(c1)c(C(N)=O)c(C[NH+]=[N-])n2C. The number of nitrogens with zero attached hydrogens (tertiary/aromatic N) is 3. The molecular weight excluding hydrogens is 234 g/mol. The van der Waals surface area contributed by atoms with Crippen molar-refractivity contribution < 1.29 is 14.6 Å². The normalized spacial score (nSPS) is 10.6. The van der Waals surface area contributed by atoms with Crippen LogP contribution in [0.15, 0.2) is 12.3 Å². The number of hydrogen-bond donors (Lipinski definition) is 2. The molecule has 2 aromatic rings. The first kappa shape index (κ1) is 12.0. The number of amides is 1. The zero-order valence-corrected chi connectivity index (χ0v) is 10.1. The first-order valence-electron chi connectivity index (χ1n) is 5.28. The molecule has 94 valence electrons. The third kappa shape index (κ3) is 1.69. The van der Waals surface area contributed by atoms with Gasteiger partial charge in [0.1, 0.15) is 11.4 Å². The lowest BCUT2D eigenvalue weighted by Gasteiger charge is -2.00. The van der Waals surface area contributed by atoms with E-state index < -0.39 is 5.91 Å². The molecule has 0 bridgehead atoms. The highest BCUT2D eigenvalue weighted by atomic mass is 16.5. The van der Waals surface area contributed by atoms with Gasteiger partial charge in [-0.2, -0.15) is 0 Å². The second-order valence-corrected chi connectivity index (χ2v) is 3.83. The Kier molecular flexibility index (Phi) is 2.97. The Balaban J connectivity index is 2.83. The molecule has 2 rings (SSSR count). The van der Waals surface area contributed by atoms with E-state index in [1.54, 1.807) is 23.9 Å². The van der Waals surface area contributed by atoms with Crippen LogP contribution in [0.1, 0.15) is 16.1 Å². The van der Waals surface area contributed by atoms with E-state index in [9.17, 15) is 4.79 Å². The van der Waals surface area contributed by atoms with Crippen molar-refractivity contribution in [3.05, 3.63) is 29.1 Å². The monoisotopic (exact) mass is 247 g/mol. The number of carbonyl (C=O) groups excluding carboxylic acids is 1. The fraction of sp³-hybridized carbons (Fsp3) is 0.273. The van der Waals surface area contributed by atoms with Crippen molar-refractivity contribution in [2.45, 2.75) is 6.54 Å². The predicted molar refractivity (Wildman–Crippen MR) is 63.8 cm³/mol. The number of primary amides is 1. The summed E-state index contributed by atoms with van der Waals surface area (Å²) in [6.07, 6.45) is 1.56. The molecule has 0 saturated heterocycles. The lowest BCUT2D eigenvalue weighted by Crippen LogP contribution is -2.61. The van der Waals surface area contributed by atoms with Crippen molar-refractivity contribution in [3.8, 4) is 5.75 Å². The van der Waals surface area contributed by atoms with E-state index in [4.69, 9.17) is 16.0 Å². The quantitative estimate of drug-likeness (QED) is 0.696. The first-order chi connectivity index (χ1) is 8.60. The van der Waals surface area contributed by atoms with Crippen LogP contribution < -0.4 is 15.6 Å². The summed E-state index contributed by atoms with van der Waals surface area (Å²) in [5.74, 6) is -0.0278. The third-order valence-electron chi connectivity index (χ3n) is 2.85. The van der Waals surface area contributed by atoms with Crippen LogP contribution in [0, 0.1) is 0 Å². The number of nitrogens with one attached hydrogen (secondary N) is 1. The summed E-state index contributed by atoms with van der Waals surface area (Å²) in [5.41, 5.74) is 15.7. The van der Waals surface area contributed by atoms with Crippen molar-refractivity contribution in [2.24, 2.45) is 12.8 Å². The summed E-state index contributed by atoms with van der Waals surface area (Å²) in [5, 5.41) is 2.63. The lowest BCUT2D eigenvalue weighted by atomic mass is 10.1. The van der Waals surface area contributed by atoms with E-state index in [0.29, 0.717) is 28.0 Å². The Morgan fingerprint density at radius 3 is 2.94 bits per heavy atom. The van der Waals surface area contributed by atoms with Crippen LogP contribution in [-0.2, 0) is 13.6 Å². The topological polar surface area (TPSA) is 106 Å². The zero-order valence-electron chi connectivity index (χ0n) is 10.1. The molecule has 0 fully saturated rings. The molecule has 0 saturated carbocycles. The van der Waals surface area contributed by atoms with Crippen LogP contribution in [0.3, 0.4) is 0 Å². The lowest BCUT2D eigenvalue weighted by molar-refractivity contribution is -0.499. The van der Waals surface area contributed by atoms with E-state index in [2.05, 4.69) is 4.98 Å². The number of pyridine rings is 1. The molecule has 0 unspecified atom stereocenters. The van der Waals surface area contributed by atoms with Gasteiger partial charge in [-0.05, 0) is 6.07 Å². The molecule has 1 amide bonds. The highest BCUT2D eigenvalue weighted by molar-refractivity contribution is 6.07. The van der Waals surface area contributed by atoms with E-state index in [0.717, 1.165) is 0 Å². The smallest absolute Gasteiger partial charge is 0.251 e. The number of nitrogens with two attached hydrogens (primary N) is 1. The average molecular weight is 247 g/mol. The van der Waals surface area contributed by atoms with Crippen molar-refractivity contribution in [2.75, 3.05) is 7.11 Å². The number of hydrogen-bond acceptors (Lipinski definition) is 3. The highest BCUT2D eigenvalue weighted by Crippen LogP contribution is 2.26. The van der Waals surface area contributed by atoms with Gasteiger partial charge in [0.2, 0.25) is 0 Å². The van der Waals surface area contributed by atoms with Crippen LogP contribution in [-0.4, -0.2) is 22.6 Å². The molecule has 0 aliphatic heterocycles. The number of rotatable bonds is 4. The van der Waals surface area contributed by atoms with Crippen LogP contribution in [0.5, 0.6) is 5.75 Å². The number of aromatic nitrogens is 2. The molecule has 0 radical (unpaired) electrons. The number of methoxy groups -OCH3 is 1. The van der Waals surface area contributed by atoms with E-state index in [1.807, 2.05) is 5.11 Å². The third-order valence-corrected chi connectivity index (χ3v) is 2.85. The van der Waals surface area contributed by atoms with Gasteiger partial charge in [0, 0.05) is 12.4 Å². The van der Waals surface area contributed by atoms with Gasteiger partial charge in [-0.3, -0.25) is 4.79 Å². The summed E-state index contributed by atoms with van der Waals surface area (Å²) in [4.78, 5) is 15.8. The fourth-order valence-electron chi connectivity index (χ4n) is 2.01. The summed E-state index contributed by atoms with van der Waals surface area (Å²) >= 11 is 0. The Hall–Kier alpha value is -2.44. The molecule has 7 heteroatoms. The largest absolute Gasteiger partial charge is 0.508 e. The average Bonchev–Trinajstić information content (AvgIpc) is 2.63. The number of aryl methyl sites for hydroxylation is 1. The molecule has 0 aromatic carbocycles. The number of ether oxygens (including phenoxy) is 1. The van der Waals surface area contributed by atoms with Crippen molar-refractivity contribution >= 4 is 16.9 Å². The van der Waals surface area contributed by atoms with Crippen LogP contribution in [0.4, 0.5) is 0 Å². The summed E-state index contributed by atoms with van der Waals surface area (Å²) in [7, 11) is 3.27. The maximum Gasteiger partial charge on any atom is 0.251 e. The maximum absolute atomic E-state index is 11.6. The maximum atomic E-state index is 11.6. The molecule has 3 N–H and O–H groups in total. The summed E-state index contributed by atoms with van der Waals surface area (Å²) < 4.78 is 6.78. The Morgan fingerprint density at radius 2 is 2.39 bits per heavy atom. The summed E-state index contributed by atoms with van der Waals surface area (Å²) in [6, 6.07) is 1.70. The Bertz CT molecular complexity index is 632. The molecule has 0 spiro atoms. The Labute approximate surface area is 103 Å². The van der Waals surface area contributed by atoms with Gasteiger partial charge in [0.15, 0.2) is 6.54 Å². The molecular formula is C11H13N5O2. The number of carbonyl (C=O) groups is 1. The van der Waals surface area contributed by atoms with Gasteiger partial charge in [-0.25, -0.2) is 4.98 Å². The van der Waals surface area contributed by atoms with Crippen LogP contribution in [0.2, 0.25) is 0 Å². The van der Waals surface area contributed by atoms with Gasteiger partial charge in [0.05, 0.1) is 24.6 Å². The zero-order chi connectivity index (χ0) is 13.3. The minimum absolute atomic E-state index is 0.105. The molecule has 2 heterocycles. The van der Waals surface area contributed by atoms with Gasteiger partial charge < -0.3 is 25.7 Å². The van der Waals surface area contributed by atoms with Crippen molar-refractivity contribution in [3.63, 3.8) is 0 Å². The molecule has 0 aliphatic rings. The second-order valence-electron chi connectivity index (χ2n) is 3.83. The molecule has 18 heavy (non-hydrogen) atoms. The van der Waals surface area contributed by atoms with E-state index >= 15 is 0 Å². The minimum atomic E-state index is -0.569. The van der Waals surface area contributed by atoms with Gasteiger partial charge >= 0.3 is 0 Å². The molecule has 2 aromatic heterocycles. The van der Waals surface area contributed by atoms with Crippen molar-refractivity contribution in [1.29, 1.82) is 0 Å². The van der Waals surface area contributed by atoms with Gasteiger partial charge in [-0.1, -0.05) is 0 Å². The molecule has 0 atom stereocenters. The standard InChI is InChI=1S/C11H13N5O2/c1-16-8(5-15-13)9(10(12)17)7-3-6(18-2)4-14-11(7)16/h3-4,15H,5H2,1-2H3,(H2,12,17). The van der Waals surface area contributed by atoms with E-state index in [1.165, 1.54) is 7.11 Å². The van der Waals surface area contributed by atoms with Crippen LogP contribution in [0.25, 0.3) is 16.6 Å².